The summed E-state index contributed by atoms with van der Waals surface area (Å²) in [6.45, 7) is -0.418. The van der Waals surface area contributed by atoms with Crippen molar-refractivity contribution < 1.29 is 19.1 Å². The van der Waals surface area contributed by atoms with E-state index >= 15 is 0 Å². The van der Waals surface area contributed by atoms with Gasteiger partial charge in [0.25, 0.3) is 11.8 Å². The highest BCUT2D eigenvalue weighted by molar-refractivity contribution is 5.95. The van der Waals surface area contributed by atoms with E-state index in [2.05, 4.69) is 10.6 Å². The van der Waals surface area contributed by atoms with Gasteiger partial charge in [-0.2, -0.15) is 5.26 Å². The van der Waals surface area contributed by atoms with Crippen molar-refractivity contribution >= 4 is 29.5 Å². The number of nitrogens with zero attached hydrogens (tertiary/aromatic N) is 1. The molecule has 0 aliphatic rings. The summed E-state index contributed by atoms with van der Waals surface area (Å²) in [6, 6.07) is 15.5. The summed E-state index contributed by atoms with van der Waals surface area (Å²) in [7, 11) is 1.55. The molecule has 2 N–H and O–H groups in total. The minimum absolute atomic E-state index is 0.194. The van der Waals surface area contributed by atoms with Crippen molar-refractivity contribution in [1.29, 1.82) is 5.26 Å². The molecular weight excluding hydrogens is 358 g/mol. The van der Waals surface area contributed by atoms with Crippen LogP contribution >= 0.6 is 0 Å². The molecule has 2 aromatic rings. The summed E-state index contributed by atoms with van der Waals surface area (Å²) in [5.41, 5.74) is 2.63. The van der Waals surface area contributed by atoms with E-state index < -0.39 is 18.5 Å². The van der Waals surface area contributed by atoms with Crippen LogP contribution in [0.25, 0.3) is 6.08 Å². The molecule has 0 aliphatic heterocycles. The average molecular weight is 377 g/mol. The predicted molar refractivity (Wildman–Crippen MR) is 104 cm³/mol. The van der Waals surface area contributed by atoms with Crippen LogP contribution in [0.2, 0.25) is 0 Å². The van der Waals surface area contributed by atoms with Crippen LogP contribution in [0.15, 0.2) is 54.6 Å². The second-order valence-corrected chi connectivity index (χ2v) is 5.72. The van der Waals surface area contributed by atoms with Gasteiger partial charge in [-0.1, -0.05) is 24.3 Å². The number of nitriles is 1. The lowest BCUT2D eigenvalue weighted by molar-refractivity contribution is -0.142. The lowest BCUT2D eigenvalue weighted by Gasteiger charge is -2.06. The number of rotatable bonds is 7. The highest BCUT2D eigenvalue weighted by atomic mass is 16.5. The third-order valence-corrected chi connectivity index (χ3v) is 3.68. The second-order valence-electron chi connectivity index (χ2n) is 5.72. The molecule has 0 aliphatic carbocycles. The van der Waals surface area contributed by atoms with Gasteiger partial charge in [-0.25, -0.2) is 4.79 Å². The minimum Gasteiger partial charge on any atom is -0.452 e. The lowest BCUT2D eigenvalue weighted by Crippen LogP contribution is -2.20. The maximum Gasteiger partial charge on any atom is 0.331 e. The number of benzene rings is 2. The number of hydrogen-bond donors (Lipinski definition) is 2. The highest BCUT2D eigenvalue weighted by Crippen LogP contribution is 2.10. The molecule has 0 fully saturated rings. The Labute approximate surface area is 162 Å². The van der Waals surface area contributed by atoms with Crippen LogP contribution in [0.5, 0.6) is 0 Å². The fourth-order valence-electron chi connectivity index (χ4n) is 2.23. The normalized spacial score (nSPS) is 10.1. The third-order valence-electron chi connectivity index (χ3n) is 3.68. The fourth-order valence-corrected chi connectivity index (χ4v) is 2.23. The van der Waals surface area contributed by atoms with Crippen molar-refractivity contribution in [2.75, 3.05) is 19.0 Å². The molecule has 0 saturated carbocycles. The van der Waals surface area contributed by atoms with Crippen LogP contribution in [-0.2, 0) is 20.7 Å². The zero-order valence-corrected chi connectivity index (χ0v) is 15.3. The van der Waals surface area contributed by atoms with Crippen molar-refractivity contribution in [2.24, 2.45) is 0 Å². The van der Waals surface area contributed by atoms with E-state index in [0.29, 0.717) is 23.2 Å². The predicted octanol–water partition coefficient (Wildman–Crippen LogP) is 2.31. The molecule has 0 spiro atoms. The molecule has 0 unspecified atom stereocenters. The molecule has 7 nitrogen and oxygen atoms in total. The van der Waals surface area contributed by atoms with Gasteiger partial charge in [0.15, 0.2) is 6.61 Å². The molecule has 0 aromatic heterocycles. The number of hydrogen-bond acceptors (Lipinski definition) is 5. The van der Waals surface area contributed by atoms with Crippen molar-refractivity contribution in [1.82, 2.24) is 5.32 Å². The van der Waals surface area contributed by atoms with Crippen LogP contribution in [0.3, 0.4) is 0 Å². The quantitative estimate of drug-likeness (QED) is 0.569. The van der Waals surface area contributed by atoms with Gasteiger partial charge in [0, 0.05) is 24.4 Å². The van der Waals surface area contributed by atoms with Gasteiger partial charge in [0.2, 0.25) is 0 Å². The molecular formula is C21H19N3O4. The van der Waals surface area contributed by atoms with Crippen LogP contribution in [0, 0.1) is 11.3 Å². The Bertz CT molecular complexity index is 910. The molecule has 0 heterocycles. The van der Waals surface area contributed by atoms with Gasteiger partial charge in [-0.05, 0) is 41.5 Å². The van der Waals surface area contributed by atoms with Gasteiger partial charge in [0.1, 0.15) is 0 Å². The smallest absolute Gasteiger partial charge is 0.331 e. The first-order chi connectivity index (χ1) is 13.5. The standard InChI is InChI=1S/C21H19N3O4/c1-23-21(27)17-7-2-15(3-8-17)6-11-20(26)28-14-19(25)24-18-9-4-16(5-10-18)12-13-22/h2-11H,12,14H2,1H3,(H,23,27)(H,24,25)/b11-6+. The Hall–Kier alpha value is -3.92. The number of nitrogens with one attached hydrogen (secondary N) is 2. The first-order valence-electron chi connectivity index (χ1n) is 8.44. The van der Waals surface area contributed by atoms with E-state index in [9.17, 15) is 14.4 Å². The zero-order valence-electron chi connectivity index (χ0n) is 15.3. The van der Waals surface area contributed by atoms with Crippen LogP contribution in [0.1, 0.15) is 21.5 Å². The molecule has 0 saturated heterocycles. The first-order valence-corrected chi connectivity index (χ1v) is 8.44. The Morgan fingerprint density at radius 1 is 1.07 bits per heavy atom. The molecule has 28 heavy (non-hydrogen) atoms. The van der Waals surface area contributed by atoms with E-state index in [1.54, 1.807) is 55.6 Å². The summed E-state index contributed by atoms with van der Waals surface area (Å²) >= 11 is 0. The Morgan fingerprint density at radius 2 is 1.75 bits per heavy atom. The summed E-state index contributed by atoms with van der Waals surface area (Å²) in [5.74, 6) is -1.32. The topological polar surface area (TPSA) is 108 Å². The number of amides is 2. The second kappa shape index (κ2) is 10.3. The molecule has 7 heteroatoms. The number of esters is 1. The summed E-state index contributed by atoms with van der Waals surface area (Å²) in [6.07, 6.45) is 3.04. The van der Waals surface area contributed by atoms with Crippen molar-refractivity contribution in [2.45, 2.75) is 6.42 Å². The largest absolute Gasteiger partial charge is 0.452 e. The number of ether oxygens (including phenoxy) is 1. The molecule has 2 aromatic carbocycles. The summed E-state index contributed by atoms with van der Waals surface area (Å²) in [5, 5.41) is 13.8. The number of anilines is 1. The van der Waals surface area contributed by atoms with E-state index in [-0.39, 0.29) is 5.91 Å². The van der Waals surface area contributed by atoms with Gasteiger partial charge < -0.3 is 15.4 Å². The summed E-state index contributed by atoms with van der Waals surface area (Å²) in [4.78, 5) is 35.0. The van der Waals surface area contributed by atoms with E-state index in [1.807, 2.05) is 6.07 Å². The minimum atomic E-state index is -0.658. The van der Waals surface area contributed by atoms with Crippen LogP contribution in [0.4, 0.5) is 5.69 Å². The fraction of sp³-hybridized carbons (Fsp3) is 0.143. The Morgan fingerprint density at radius 3 is 2.36 bits per heavy atom. The Balaban J connectivity index is 1.79. The van der Waals surface area contributed by atoms with E-state index in [4.69, 9.17) is 10.00 Å². The maximum absolute atomic E-state index is 11.8. The monoisotopic (exact) mass is 377 g/mol. The van der Waals surface area contributed by atoms with Crippen molar-refractivity contribution in [3.8, 4) is 6.07 Å². The van der Waals surface area contributed by atoms with Gasteiger partial charge in [0.05, 0.1) is 12.5 Å². The van der Waals surface area contributed by atoms with Crippen molar-refractivity contribution in [3.05, 3.63) is 71.3 Å². The molecule has 2 amide bonds. The van der Waals surface area contributed by atoms with Crippen molar-refractivity contribution in [3.63, 3.8) is 0 Å². The van der Waals surface area contributed by atoms with E-state index in [0.717, 1.165) is 5.56 Å². The van der Waals surface area contributed by atoms with Gasteiger partial charge in [-0.15, -0.1) is 0 Å². The highest BCUT2D eigenvalue weighted by Gasteiger charge is 2.06. The maximum atomic E-state index is 11.8. The first kappa shape index (κ1) is 20.4. The molecule has 142 valence electrons. The molecule has 0 atom stereocenters. The van der Waals surface area contributed by atoms with Crippen LogP contribution in [-0.4, -0.2) is 31.4 Å². The zero-order chi connectivity index (χ0) is 20.4. The SMILES string of the molecule is CNC(=O)c1ccc(/C=C/C(=O)OCC(=O)Nc2ccc(CC#N)cc2)cc1. The molecule has 0 bridgehead atoms. The summed E-state index contributed by atoms with van der Waals surface area (Å²) < 4.78 is 4.89. The van der Waals surface area contributed by atoms with Crippen LogP contribution < -0.4 is 10.6 Å². The Kier molecular flexibility index (Phi) is 7.49. The van der Waals surface area contributed by atoms with Gasteiger partial charge in [-0.3, -0.25) is 9.59 Å². The average Bonchev–Trinajstić information content (AvgIpc) is 2.72. The molecule has 2 rings (SSSR count). The third kappa shape index (κ3) is 6.42. The lowest BCUT2D eigenvalue weighted by atomic mass is 10.1. The number of carbonyl (C=O) groups excluding carboxylic acids is 3. The van der Waals surface area contributed by atoms with E-state index in [1.165, 1.54) is 12.2 Å². The number of carbonyl (C=O) groups is 3. The van der Waals surface area contributed by atoms with Gasteiger partial charge >= 0.3 is 5.97 Å². The molecule has 0 radical (unpaired) electrons.